The summed E-state index contributed by atoms with van der Waals surface area (Å²) in [6, 6.07) is 6.57. The number of rotatable bonds is 4. The van der Waals surface area contributed by atoms with Crippen LogP contribution in [0.3, 0.4) is 0 Å². The van der Waals surface area contributed by atoms with Gasteiger partial charge >= 0.3 is 6.09 Å². The molecule has 0 bridgehead atoms. The van der Waals surface area contributed by atoms with Crippen LogP contribution in [0.5, 0.6) is 0 Å². The van der Waals surface area contributed by atoms with Gasteiger partial charge in [-0.2, -0.15) is 5.21 Å². The van der Waals surface area contributed by atoms with Crippen LogP contribution in [0.25, 0.3) is 0 Å². The third-order valence-electron chi connectivity index (χ3n) is 2.32. The molecule has 0 spiro atoms. The Labute approximate surface area is 107 Å². The van der Waals surface area contributed by atoms with E-state index in [0.717, 1.165) is 5.56 Å². The largest absolute Gasteiger partial charge is 0.465 e. The lowest BCUT2D eigenvalue weighted by atomic mass is 10.1. The Morgan fingerprint density at radius 2 is 2.17 bits per heavy atom. The van der Waals surface area contributed by atoms with Crippen molar-refractivity contribution in [2.24, 2.45) is 0 Å². The maximum atomic E-state index is 10.7. The van der Waals surface area contributed by atoms with Crippen LogP contribution in [0.2, 0.25) is 5.02 Å². The van der Waals surface area contributed by atoms with E-state index < -0.39 is 12.1 Å². The van der Waals surface area contributed by atoms with Crippen molar-refractivity contribution in [1.29, 1.82) is 0 Å². The van der Waals surface area contributed by atoms with E-state index in [1.807, 2.05) is 12.1 Å². The molecule has 2 rings (SSSR count). The number of amides is 1. The van der Waals surface area contributed by atoms with Crippen LogP contribution in [0, 0.1) is 0 Å². The van der Waals surface area contributed by atoms with E-state index in [0.29, 0.717) is 17.3 Å². The molecule has 0 saturated carbocycles. The monoisotopic (exact) mass is 267 g/mol. The predicted octanol–water partition coefficient (Wildman–Crippen LogP) is 1.40. The molecule has 7 nitrogen and oxygen atoms in total. The SMILES string of the molecule is O=C(O)NC(Cc1ccc(Cl)cc1)c1nn[nH]n1. The Bertz CT molecular complexity index is 514. The van der Waals surface area contributed by atoms with Crippen LogP contribution in [0.4, 0.5) is 4.79 Å². The van der Waals surface area contributed by atoms with E-state index >= 15 is 0 Å². The molecule has 94 valence electrons. The van der Waals surface area contributed by atoms with Crippen LogP contribution in [-0.4, -0.2) is 31.8 Å². The summed E-state index contributed by atoms with van der Waals surface area (Å²) >= 11 is 5.78. The van der Waals surface area contributed by atoms with Gasteiger partial charge in [-0.05, 0) is 17.7 Å². The number of hydrogen-bond acceptors (Lipinski definition) is 4. The molecule has 0 saturated heterocycles. The average Bonchev–Trinajstić information content (AvgIpc) is 2.84. The molecule has 1 atom stereocenters. The Morgan fingerprint density at radius 1 is 1.44 bits per heavy atom. The number of nitrogens with one attached hydrogen (secondary N) is 2. The summed E-state index contributed by atoms with van der Waals surface area (Å²) < 4.78 is 0. The smallest absolute Gasteiger partial charge is 0.405 e. The molecule has 0 aliphatic rings. The zero-order valence-corrected chi connectivity index (χ0v) is 9.92. The van der Waals surface area contributed by atoms with Gasteiger partial charge in [0.1, 0.15) is 6.04 Å². The van der Waals surface area contributed by atoms with Crippen molar-refractivity contribution in [3.63, 3.8) is 0 Å². The zero-order chi connectivity index (χ0) is 13.0. The molecule has 0 aliphatic heterocycles. The molecule has 1 unspecified atom stereocenters. The summed E-state index contributed by atoms with van der Waals surface area (Å²) in [4.78, 5) is 10.7. The van der Waals surface area contributed by atoms with Crippen molar-refractivity contribution in [3.05, 3.63) is 40.7 Å². The molecular formula is C10H10ClN5O2. The molecule has 0 fully saturated rings. The second-order valence-corrected chi connectivity index (χ2v) is 4.04. The second-order valence-electron chi connectivity index (χ2n) is 3.60. The zero-order valence-electron chi connectivity index (χ0n) is 9.17. The minimum absolute atomic E-state index is 0.298. The van der Waals surface area contributed by atoms with Gasteiger partial charge in [-0.1, -0.05) is 28.9 Å². The maximum absolute atomic E-state index is 10.7. The van der Waals surface area contributed by atoms with Gasteiger partial charge in [0.2, 0.25) is 0 Å². The van der Waals surface area contributed by atoms with Crippen LogP contribution < -0.4 is 5.32 Å². The van der Waals surface area contributed by atoms with Gasteiger partial charge < -0.3 is 10.4 Å². The normalized spacial score (nSPS) is 12.1. The lowest BCUT2D eigenvalue weighted by Gasteiger charge is -2.12. The number of halogens is 1. The van der Waals surface area contributed by atoms with Crippen LogP contribution >= 0.6 is 11.6 Å². The van der Waals surface area contributed by atoms with Crippen molar-refractivity contribution < 1.29 is 9.90 Å². The molecule has 0 aliphatic carbocycles. The molecule has 1 amide bonds. The maximum Gasteiger partial charge on any atom is 0.405 e. The molecule has 2 aromatic rings. The first-order valence-corrected chi connectivity index (χ1v) is 5.50. The minimum atomic E-state index is -1.14. The third-order valence-corrected chi connectivity index (χ3v) is 2.58. The van der Waals surface area contributed by atoms with Gasteiger partial charge in [0, 0.05) is 11.4 Å². The standard InChI is InChI=1S/C10H10ClN5O2/c11-7-3-1-6(2-4-7)5-8(12-10(17)18)9-13-15-16-14-9/h1-4,8,12H,5H2,(H,17,18)(H,13,14,15,16). The van der Waals surface area contributed by atoms with Crippen molar-refractivity contribution in [2.45, 2.75) is 12.5 Å². The number of nitrogens with zero attached hydrogens (tertiary/aromatic N) is 3. The number of carbonyl (C=O) groups is 1. The van der Waals surface area contributed by atoms with Gasteiger partial charge in [0.05, 0.1) is 0 Å². The summed E-state index contributed by atoms with van der Waals surface area (Å²) in [6.07, 6.45) is -0.720. The van der Waals surface area contributed by atoms with Crippen LogP contribution in [0.15, 0.2) is 24.3 Å². The number of aromatic nitrogens is 4. The highest BCUT2D eigenvalue weighted by molar-refractivity contribution is 6.30. The number of tetrazole rings is 1. The van der Waals surface area contributed by atoms with E-state index in [2.05, 4.69) is 25.9 Å². The van der Waals surface area contributed by atoms with Crippen molar-refractivity contribution >= 4 is 17.7 Å². The highest BCUT2D eigenvalue weighted by Crippen LogP contribution is 2.16. The summed E-state index contributed by atoms with van der Waals surface area (Å²) in [7, 11) is 0. The van der Waals surface area contributed by atoms with E-state index in [1.54, 1.807) is 12.1 Å². The molecule has 1 heterocycles. The fourth-order valence-corrected chi connectivity index (χ4v) is 1.66. The average molecular weight is 268 g/mol. The third kappa shape index (κ3) is 3.17. The van der Waals surface area contributed by atoms with Gasteiger partial charge in [-0.3, -0.25) is 0 Å². The predicted molar refractivity (Wildman–Crippen MR) is 63.2 cm³/mol. The summed E-state index contributed by atoms with van der Waals surface area (Å²) in [6.45, 7) is 0. The lowest BCUT2D eigenvalue weighted by Crippen LogP contribution is -2.29. The van der Waals surface area contributed by atoms with Gasteiger partial charge in [-0.15, -0.1) is 10.2 Å². The van der Waals surface area contributed by atoms with E-state index in [9.17, 15) is 4.79 Å². The van der Waals surface area contributed by atoms with Crippen molar-refractivity contribution in [1.82, 2.24) is 25.9 Å². The second kappa shape index (κ2) is 5.46. The highest BCUT2D eigenvalue weighted by Gasteiger charge is 2.18. The molecular weight excluding hydrogens is 258 g/mol. The van der Waals surface area contributed by atoms with Gasteiger partial charge in [0.15, 0.2) is 5.82 Å². The molecule has 0 radical (unpaired) electrons. The van der Waals surface area contributed by atoms with E-state index in [-0.39, 0.29) is 0 Å². The van der Waals surface area contributed by atoms with Gasteiger partial charge in [-0.25, -0.2) is 4.79 Å². The number of aromatic amines is 1. The molecule has 1 aromatic heterocycles. The molecule has 18 heavy (non-hydrogen) atoms. The minimum Gasteiger partial charge on any atom is -0.465 e. The first-order valence-electron chi connectivity index (χ1n) is 5.12. The fourth-order valence-electron chi connectivity index (χ4n) is 1.53. The van der Waals surface area contributed by atoms with Gasteiger partial charge in [0.25, 0.3) is 0 Å². The van der Waals surface area contributed by atoms with Crippen LogP contribution in [0.1, 0.15) is 17.4 Å². The first-order chi connectivity index (χ1) is 8.65. The molecule has 3 N–H and O–H groups in total. The number of H-pyrrole nitrogens is 1. The summed E-state index contributed by atoms with van der Waals surface area (Å²) in [5.74, 6) is 0.298. The lowest BCUT2D eigenvalue weighted by molar-refractivity contribution is 0.189. The molecule has 8 heteroatoms. The first kappa shape index (κ1) is 12.3. The molecule has 1 aromatic carbocycles. The Balaban J connectivity index is 2.15. The van der Waals surface area contributed by atoms with Crippen molar-refractivity contribution in [3.8, 4) is 0 Å². The number of hydrogen-bond donors (Lipinski definition) is 3. The summed E-state index contributed by atoms with van der Waals surface area (Å²) in [5, 5.41) is 25.0. The quantitative estimate of drug-likeness (QED) is 0.777. The Hall–Kier alpha value is -2.15. The Kier molecular flexibility index (Phi) is 3.73. The summed E-state index contributed by atoms with van der Waals surface area (Å²) in [5.41, 5.74) is 0.919. The van der Waals surface area contributed by atoms with Crippen LogP contribution in [-0.2, 0) is 6.42 Å². The topological polar surface area (TPSA) is 104 Å². The highest BCUT2D eigenvalue weighted by atomic mass is 35.5. The van der Waals surface area contributed by atoms with Crippen molar-refractivity contribution in [2.75, 3.05) is 0 Å². The number of carboxylic acid groups (broad SMARTS) is 1. The fraction of sp³-hybridized carbons (Fsp3) is 0.200. The van der Waals surface area contributed by atoms with E-state index in [4.69, 9.17) is 16.7 Å². The Morgan fingerprint density at radius 3 is 2.72 bits per heavy atom. The number of benzene rings is 1. The van der Waals surface area contributed by atoms with E-state index in [1.165, 1.54) is 0 Å².